The van der Waals surface area contributed by atoms with Gasteiger partial charge < -0.3 is 9.47 Å². The summed E-state index contributed by atoms with van der Waals surface area (Å²) < 4.78 is 10.6. The van der Waals surface area contributed by atoms with Gasteiger partial charge in [-0.1, -0.05) is 58.6 Å². The van der Waals surface area contributed by atoms with E-state index in [4.69, 9.17) is 9.47 Å². The number of rotatable bonds is 9. The first kappa shape index (κ1) is 23.8. The summed E-state index contributed by atoms with van der Waals surface area (Å²) in [7, 11) is 1.70. The van der Waals surface area contributed by atoms with Crippen LogP contribution in [0.25, 0.3) is 0 Å². The molecule has 0 aromatic rings. The summed E-state index contributed by atoms with van der Waals surface area (Å²) in [6, 6.07) is 0. The number of allylic oxidation sites excluding steroid dienone is 2. The lowest BCUT2D eigenvalue weighted by molar-refractivity contribution is -0.0507. The third-order valence-electron chi connectivity index (χ3n) is 10.7. The monoisotopic (exact) mass is 430 g/mol. The second kappa shape index (κ2) is 9.88. The fourth-order valence-corrected chi connectivity index (χ4v) is 9.08. The summed E-state index contributed by atoms with van der Waals surface area (Å²) in [4.78, 5) is 0. The second-order valence-corrected chi connectivity index (χ2v) is 12.5. The van der Waals surface area contributed by atoms with Crippen LogP contribution >= 0.6 is 0 Å². The number of fused-ring (bicyclic) bond motifs is 5. The minimum absolute atomic E-state index is 0.431. The fourth-order valence-electron chi connectivity index (χ4n) is 9.08. The molecule has 4 rings (SSSR count). The van der Waals surface area contributed by atoms with E-state index in [0.29, 0.717) is 23.5 Å². The Morgan fingerprint density at radius 3 is 2.68 bits per heavy atom. The van der Waals surface area contributed by atoms with E-state index in [1.807, 2.05) is 5.57 Å². The highest BCUT2D eigenvalue weighted by Crippen LogP contribution is 2.67. The molecule has 4 aliphatic carbocycles. The molecule has 0 saturated heterocycles. The molecule has 1 unspecified atom stereocenters. The Hall–Kier alpha value is -0.340. The third-order valence-corrected chi connectivity index (χ3v) is 10.7. The summed E-state index contributed by atoms with van der Waals surface area (Å²) in [5.41, 5.74) is 3.01. The average Bonchev–Trinajstić information content (AvgIpc) is 3.11. The largest absolute Gasteiger partial charge is 0.359 e. The van der Waals surface area contributed by atoms with Crippen molar-refractivity contribution < 1.29 is 9.47 Å². The molecule has 3 saturated carbocycles. The molecule has 3 fully saturated rings. The van der Waals surface area contributed by atoms with Crippen LogP contribution in [0.15, 0.2) is 11.6 Å². The average molecular weight is 431 g/mol. The summed E-state index contributed by atoms with van der Waals surface area (Å²) in [5.74, 6) is 5.40. The zero-order valence-electron chi connectivity index (χ0n) is 21.3. The molecule has 0 spiro atoms. The van der Waals surface area contributed by atoms with E-state index < -0.39 is 0 Å². The number of methoxy groups -OCH3 is 1. The van der Waals surface area contributed by atoms with Crippen molar-refractivity contribution in [3.63, 3.8) is 0 Å². The van der Waals surface area contributed by atoms with Crippen molar-refractivity contribution in [2.24, 2.45) is 46.3 Å². The predicted octanol–water partition coefficient (Wildman–Crippen LogP) is 8.02. The first-order valence-electron chi connectivity index (χ1n) is 13.7. The van der Waals surface area contributed by atoms with Crippen LogP contribution in [0.5, 0.6) is 0 Å². The van der Waals surface area contributed by atoms with Crippen LogP contribution in [0.3, 0.4) is 0 Å². The number of hydrogen-bond acceptors (Lipinski definition) is 2. The van der Waals surface area contributed by atoms with Crippen molar-refractivity contribution in [3.8, 4) is 0 Å². The maximum atomic E-state index is 5.56. The predicted molar refractivity (Wildman–Crippen MR) is 130 cm³/mol. The van der Waals surface area contributed by atoms with Gasteiger partial charge in [0, 0.05) is 7.11 Å². The van der Waals surface area contributed by atoms with Crippen molar-refractivity contribution >= 4 is 0 Å². The van der Waals surface area contributed by atoms with Gasteiger partial charge >= 0.3 is 0 Å². The zero-order valence-corrected chi connectivity index (χ0v) is 21.3. The molecule has 0 radical (unpaired) electrons. The van der Waals surface area contributed by atoms with Crippen molar-refractivity contribution in [3.05, 3.63) is 11.6 Å². The molecule has 178 valence electrons. The lowest BCUT2D eigenvalue weighted by Crippen LogP contribution is -2.50. The molecule has 0 aromatic heterocycles. The van der Waals surface area contributed by atoms with Gasteiger partial charge in [0.2, 0.25) is 0 Å². The fraction of sp³-hybridized carbons (Fsp3) is 0.931. The van der Waals surface area contributed by atoms with Crippen LogP contribution < -0.4 is 0 Å². The molecule has 2 heteroatoms. The van der Waals surface area contributed by atoms with Crippen molar-refractivity contribution in [2.45, 2.75) is 105 Å². The molecule has 2 nitrogen and oxygen atoms in total. The Kier molecular flexibility index (Phi) is 7.59. The van der Waals surface area contributed by atoms with Gasteiger partial charge in [-0.2, -0.15) is 0 Å². The Morgan fingerprint density at radius 1 is 1.03 bits per heavy atom. The van der Waals surface area contributed by atoms with Gasteiger partial charge in [0.05, 0.1) is 6.61 Å². The maximum absolute atomic E-state index is 5.56. The molecular formula is C29H50O2. The normalized spacial score (nSPS) is 41.6. The molecule has 0 amide bonds. The summed E-state index contributed by atoms with van der Waals surface area (Å²) in [5, 5.41) is 0. The summed E-state index contributed by atoms with van der Waals surface area (Å²) in [6.45, 7) is 11.5. The minimum Gasteiger partial charge on any atom is -0.359 e. The van der Waals surface area contributed by atoms with Crippen molar-refractivity contribution in [1.82, 2.24) is 0 Å². The van der Waals surface area contributed by atoms with E-state index in [1.165, 1.54) is 77.0 Å². The van der Waals surface area contributed by atoms with E-state index in [-0.39, 0.29) is 0 Å². The summed E-state index contributed by atoms with van der Waals surface area (Å²) in [6.07, 6.45) is 19.9. The molecule has 4 aliphatic rings. The van der Waals surface area contributed by atoms with Crippen LogP contribution in [-0.2, 0) is 9.47 Å². The Morgan fingerprint density at radius 2 is 1.87 bits per heavy atom. The van der Waals surface area contributed by atoms with Gasteiger partial charge in [-0.25, -0.2) is 0 Å². The Bertz CT molecular complexity index is 626. The Balaban J connectivity index is 1.35. The van der Waals surface area contributed by atoms with E-state index >= 15 is 0 Å². The molecule has 0 N–H and O–H groups in total. The third kappa shape index (κ3) is 4.54. The number of hydrogen-bond donors (Lipinski definition) is 0. The van der Waals surface area contributed by atoms with Crippen LogP contribution in [0.2, 0.25) is 0 Å². The van der Waals surface area contributed by atoms with Crippen LogP contribution in [0.4, 0.5) is 0 Å². The highest BCUT2D eigenvalue weighted by molar-refractivity contribution is 5.24. The van der Waals surface area contributed by atoms with Crippen molar-refractivity contribution in [2.75, 3.05) is 20.5 Å². The van der Waals surface area contributed by atoms with Crippen molar-refractivity contribution in [1.29, 1.82) is 0 Å². The van der Waals surface area contributed by atoms with Gasteiger partial charge in [-0.3, -0.25) is 0 Å². The summed E-state index contributed by atoms with van der Waals surface area (Å²) >= 11 is 0. The minimum atomic E-state index is 0.431. The second-order valence-electron chi connectivity index (χ2n) is 12.5. The highest BCUT2D eigenvalue weighted by Gasteiger charge is 2.58. The molecule has 0 aromatic carbocycles. The van der Waals surface area contributed by atoms with E-state index in [1.54, 1.807) is 7.11 Å². The highest BCUT2D eigenvalue weighted by atomic mass is 16.7. The first-order valence-corrected chi connectivity index (χ1v) is 13.7. The van der Waals surface area contributed by atoms with Gasteiger partial charge in [-0.05, 0) is 104 Å². The van der Waals surface area contributed by atoms with Crippen LogP contribution in [0.1, 0.15) is 105 Å². The topological polar surface area (TPSA) is 18.5 Å². The van der Waals surface area contributed by atoms with Crippen LogP contribution in [0, 0.1) is 46.3 Å². The smallest absolute Gasteiger partial charge is 0.146 e. The van der Waals surface area contributed by atoms with E-state index in [2.05, 4.69) is 33.8 Å². The quantitative estimate of drug-likeness (QED) is 0.209. The maximum Gasteiger partial charge on any atom is 0.146 e. The Labute approximate surface area is 192 Å². The molecular weight excluding hydrogens is 380 g/mol. The first-order chi connectivity index (χ1) is 14.9. The van der Waals surface area contributed by atoms with Crippen LogP contribution in [-0.4, -0.2) is 20.5 Å². The van der Waals surface area contributed by atoms with Gasteiger partial charge in [0.1, 0.15) is 6.79 Å². The lowest BCUT2D eigenvalue weighted by Gasteiger charge is -2.58. The van der Waals surface area contributed by atoms with E-state index in [0.717, 1.165) is 36.2 Å². The van der Waals surface area contributed by atoms with Gasteiger partial charge in [0.15, 0.2) is 0 Å². The molecule has 0 aliphatic heterocycles. The number of ether oxygens (including phenoxy) is 2. The SMILES string of the molecule is COCOCC(C)CCC[C@@H](C)[C@H]1CC[C@H]2[C@@H]3CC=C4CCCC[C@]4(C)[C@H]3CC[C@]12C. The molecule has 0 heterocycles. The molecule has 8 atom stereocenters. The zero-order chi connectivity index (χ0) is 22.1. The standard InChI is InChI=1S/C29H50O2/c1-21(19-31-20-30-5)9-8-10-22(2)25-14-15-26-24-13-12-23-11-6-7-17-28(23,3)27(24)16-18-29(25,26)4/h12,21-22,24-27H,6-11,13-20H2,1-5H3/t21?,22-,24+,25-,26+,27+,28+,29-/m1/s1. The molecule has 31 heavy (non-hydrogen) atoms. The molecule has 0 bridgehead atoms. The van der Waals surface area contributed by atoms with Gasteiger partial charge in [0.25, 0.3) is 0 Å². The lowest BCUT2D eigenvalue weighted by atomic mass is 9.47. The van der Waals surface area contributed by atoms with Gasteiger partial charge in [-0.15, -0.1) is 0 Å². The van der Waals surface area contributed by atoms with E-state index in [9.17, 15) is 0 Å².